The fraction of sp³-hybridized carbons (Fsp3) is 0.455. The maximum Gasteiger partial charge on any atom is 0.203 e. The fourth-order valence-corrected chi connectivity index (χ4v) is 2.10. The van der Waals surface area contributed by atoms with Crippen LogP contribution in [0.1, 0.15) is 10.7 Å². The molecular formula is C11H16N4OS. The van der Waals surface area contributed by atoms with E-state index in [0.717, 1.165) is 23.2 Å². The summed E-state index contributed by atoms with van der Waals surface area (Å²) in [6, 6.07) is 0. The molecule has 0 atom stereocenters. The van der Waals surface area contributed by atoms with Crippen molar-refractivity contribution < 1.29 is 4.74 Å². The van der Waals surface area contributed by atoms with Crippen molar-refractivity contribution in [3.05, 3.63) is 28.5 Å². The predicted octanol–water partition coefficient (Wildman–Crippen LogP) is 1.91. The number of nitrogens with zero attached hydrogens (tertiary/aromatic N) is 3. The van der Waals surface area contributed by atoms with Crippen LogP contribution in [0.3, 0.4) is 0 Å². The smallest absolute Gasteiger partial charge is 0.203 e. The zero-order chi connectivity index (χ0) is 12.1. The molecule has 0 aromatic carbocycles. The number of anilines is 1. The van der Waals surface area contributed by atoms with E-state index in [0.29, 0.717) is 13.2 Å². The lowest BCUT2D eigenvalue weighted by atomic mass is 10.5. The van der Waals surface area contributed by atoms with Crippen LogP contribution in [0.4, 0.5) is 5.95 Å². The summed E-state index contributed by atoms with van der Waals surface area (Å²) in [6.07, 6.45) is 3.83. The van der Waals surface area contributed by atoms with Gasteiger partial charge >= 0.3 is 0 Å². The quantitative estimate of drug-likeness (QED) is 0.853. The number of nitrogens with one attached hydrogen (secondary N) is 1. The number of methoxy groups -OCH3 is 1. The van der Waals surface area contributed by atoms with Crippen molar-refractivity contribution in [2.24, 2.45) is 0 Å². The molecule has 6 heteroatoms. The molecule has 0 spiro atoms. The number of ether oxygens (including phenoxy) is 1. The first kappa shape index (κ1) is 12.1. The summed E-state index contributed by atoms with van der Waals surface area (Å²) >= 11 is 1.64. The van der Waals surface area contributed by atoms with Gasteiger partial charge in [0.05, 0.1) is 18.8 Å². The van der Waals surface area contributed by atoms with E-state index in [2.05, 4.69) is 19.9 Å². The van der Waals surface area contributed by atoms with E-state index < -0.39 is 0 Å². The molecule has 0 aliphatic rings. The van der Waals surface area contributed by atoms with Crippen LogP contribution in [-0.2, 0) is 17.8 Å². The molecule has 0 radical (unpaired) electrons. The minimum absolute atomic E-state index is 0.682. The molecule has 0 bridgehead atoms. The van der Waals surface area contributed by atoms with Crippen LogP contribution in [0.25, 0.3) is 0 Å². The van der Waals surface area contributed by atoms with E-state index in [-0.39, 0.29) is 0 Å². The van der Waals surface area contributed by atoms with Gasteiger partial charge in [0.1, 0.15) is 5.01 Å². The molecule has 2 heterocycles. The van der Waals surface area contributed by atoms with Gasteiger partial charge in [-0.05, 0) is 6.92 Å². The molecule has 0 aliphatic heterocycles. The highest BCUT2D eigenvalue weighted by Gasteiger charge is 2.05. The Labute approximate surface area is 104 Å². The summed E-state index contributed by atoms with van der Waals surface area (Å²) in [4.78, 5) is 8.66. The summed E-state index contributed by atoms with van der Waals surface area (Å²) < 4.78 is 7.14. The Bertz CT molecular complexity index is 452. The first-order valence-electron chi connectivity index (χ1n) is 5.44. The van der Waals surface area contributed by atoms with E-state index >= 15 is 0 Å². The van der Waals surface area contributed by atoms with Crippen LogP contribution in [0.15, 0.2) is 17.8 Å². The van der Waals surface area contributed by atoms with Gasteiger partial charge in [-0.3, -0.25) is 0 Å². The first-order valence-corrected chi connectivity index (χ1v) is 6.32. The van der Waals surface area contributed by atoms with Gasteiger partial charge in [0, 0.05) is 31.4 Å². The third kappa shape index (κ3) is 3.28. The van der Waals surface area contributed by atoms with Crippen molar-refractivity contribution in [3.8, 4) is 0 Å². The largest absolute Gasteiger partial charge is 0.383 e. The standard InChI is InChI=1S/C11H16N4OS/c1-9-8-15(4-5-16-2)11(14-9)13-7-10-12-3-6-17-10/h3,6,8H,4-5,7H2,1-2H3,(H,13,14). The molecular weight excluding hydrogens is 236 g/mol. The lowest BCUT2D eigenvalue weighted by Gasteiger charge is -2.07. The number of aryl methyl sites for hydroxylation is 1. The van der Waals surface area contributed by atoms with Crippen molar-refractivity contribution in [3.63, 3.8) is 0 Å². The first-order chi connectivity index (χ1) is 8.29. The Balaban J connectivity index is 1.99. The van der Waals surface area contributed by atoms with Crippen LogP contribution in [0.2, 0.25) is 0 Å². The summed E-state index contributed by atoms with van der Waals surface area (Å²) in [6.45, 7) is 4.18. The molecule has 92 valence electrons. The van der Waals surface area contributed by atoms with Gasteiger partial charge in [0.15, 0.2) is 0 Å². The number of hydrogen-bond acceptors (Lipinski definition) is 5. The van der Waals surface area contributed by atoms with Gasteiger partial charge in [-0.1, -0.05) is 0 Å². The van der Waals surface area contributed by atoms with Gasteiger partial charge in [-0.2, -0.15) is 0 Å². The van der Waals surface area contributed by atoms with E-state index in [1.807, 2.05) is 24.7 Å². The molecule has 2 aromatic rings. The normalized spacial score (nSPS) is 10.7. The lowest BCUT2D eigenvalue weighted by Crippen LogP contribution is -2.09. The molecule has 0 aliphatic carbocycles. The molecule has 0 amide bonds. The second kappa shape index (κ2) is 5.79. The second-order valence-electron chi connectivity index (χ2n) is 3.67. The van der Waals surface area contributed by atoms with Crippen molar-refractivity contribution in [1.82, 2.24) is 14.5 Å². The molecule has 0 saturated heterocycles. The molecule has 5 nitrogen and oxygen atoms in total. The summed E-state index contributed by atoms with van der Waals surface area (Å²) in [5.41, 5.74) is 1.00. The molecule has 0 unspecified atom stereocenters. The Morgan fingerprint density at radius 1 is 1.53 bits per heavy atom. The topological polar surface area (TPSA) is 52.0 Å². The Hall–Kier alpha value is -1.40. The van der Waals surface area contributed by atoms with Crippen molar-refractivity contribution in [2.75, 3.05) is 19.0 Å². The predicted molar refractivity (Wildman–Crippen MR) is 68.3 cm³/mol. The average molecular weight is 252 g/mol. The van der Waals surface area contributed by atoms with E-state index in [1.54, 1.807) is 18.4 Å². The minimum Gasteiger partial charge on any atom is -0.383 e. The number of hydrogen-bond donors (Lipinski definition) is 1. The zero-order valence-corrected chi connectivity index (χ0v) is 10.8. The fourth-order valence-electron chi connectivity index (χ4n) is 1.54. The summed E-state index contributed by atoms with van der Waals surface area (Å²) in [7, 11) is 1.70. The van der Waals surface area contributed by atoms with Crippen molar-refractivity contribution in [2.45, 2.75) is 20.0 Å². The highest BCUT2D eigenvalue weighted by molar-refractivity contribution is 7.09. The van der Waals surface area contributed by atoms with Crippen molar-refractivity contribution >= 4 is 17.3 Å². The van der Waals surface area contributed by atoms with E-state index in [4.69, 9.17) is 4.74 Å². The maximum absolute atomic E-state index is 5.07. The molecule has 2 rings (SSSR count). The highest BCUT2D eigenvalue weighted by Crippen LogP contribution is 2.11. The van der Waals surface area contributed by atoms with Crippen molar-refractivity contribution in [1.29, 1.82) is 0 Å². The maximum atomic E-state index is 5.07. The average Bonchev–Trinajstić information content (AvgIpc) is 2.93. The molecule has 0 fully saturated rings. The number of imidazole rings is 1. The highest BCUT2D eigenvalue weighted by atomic mass is 32.1. The van der Waals surface area contributed by atoms with E-state index in [9.17, 15) is 0 Å². The van der Waals surface area contributed by atoms with Gasteiger partial charge in [-0.15, -0.1) is 11.3 Å². The van der Waals surface area contributed by atoms with Crippen LogP contribution in [-0.4, -0.2) is 28.3 Å². The lowest BCUT2D eigenvalue weighted by molar-refractivity contribution is 0.187. The summed E-state index contributed by atoms with van der Waals surface area (Å²) in [5.74, 6) is 0.870. The van der Waals surface area contributed by atoms with Gasteiger partial charge in [0.25, 0.3) is 0 Å². The number of aromatic nitrogens is 3. The van der Waals surface area contributed by atoms with Crippen LogP contribution in [0, 0.1) is 6.92 Å². The van der Waals surface area contributed by atoms with Crippen LogP contribution < -0.4 is 5.32 Å². The third-order valence-corrected chi connectivity index (χ3v) is 3.09. The van der Waals surface area contributed by atoms with Crippen LogP contribution >= 0.6 is 11.3 Å². The Morgan fingerprint density at radius 3 is 3.12 bits per heavy atom. The monoisotopic (exact) mass is 252 g/mol. The minimum atomic E-state index is 0.682. The second-order valence-corrected chi connectivity index (χ2v) is 4.65. The molecule has 2 aromatic heterocycles. The Kier molecular flexibility index (Phi) is 4.11. The Morgan fingerprint density at radius 2 is 2.41 bits per heavy atom. The van der Waals surface area contributed by atoms with Gasteiger partial charge in [0.2, 0.25) is 5.95 Å². The van der Waals surface area contributed by atoms with Crippen LogP contribution in [0.5, 0.6) is 0 Å². The SMILES string of the molecule is COCCn1cc(C)nc1NCc1nccs1. The van der Waals surface area contributed by atoms with Gasteiger partial charge in [-0.25, -0.2) is 9.97 Å². The summed E-state index contributed by atoms with van der Waals surface area (Å²) in [5, 5.41) is 6.32. The molecule has 17 heavy (non-hydrogen) atoms. The molecule has 0 saturated carbocycles. The van der Waals surface area contributed by atoms with Gasteiger partial charge < -0.3 is 14.6 Å². The number of thiazole rings is 1. The number of rotatable bonds is 6. The third-order valence-electron chi connectivity index (χ3n) is 2.31. The zero-order valence-electron chi connectivity index (χ0n) is 10.0. The van der Waals surface area contributed by atoms with E-state index in [1.165, 1.54) is 0 Å². The molecule has 1 N–H and O–H groups in total.